The van der Waals surface area contributed by atoms with Gasteiger partial charge in [0.25, 0.3) is 0 Å². The van der Waals surface area contributed by atoms with Crippen LogP contribution in [-0.2, 0) is 32.1 Å². The summed E-state index contributed by atoms with van der Waals surface area (Å²) in [6, 6.07) is 8.50. The van der Waals surface area contributed by atoms with Gasteiger partial charge in [0.1, 0.15) is 5.76 Å². The van der Waals surface area contributed by atoms with Crippen LogP contribution < -0.4 is 4.90 Å². The maximum Gasteiger partial charge on any atom is 0.311 e. The fourth-order valence-electron chi connectivity index (χ4n) is 3.66. The lowest BCUT2D eigenvalue weighted by Gasteiger charge is -2.14. The third-order valence-corrected chi connectivity index (χ3v) is 5.30. The number of likely N-dealkylation sites (tertiary alicyclic amines) is 1. The minimum absolute atomic E-state index is 0.0268. The topological polar surface area (TPSA) is 97.1 Å². The summed E-state index contributed by atoms with van der Waals surface area (Å²) < 4.78 is 10.4. The van der Waals surface area contributed by atoms with Crippen LogP contribution in [0.2, 0.25) is 0 Å². The van der Waals surface area contributed by atoms with Crippen LogP contribution in [0, 0.1) is 5.92 Å². The summed E-state index contributed by atoms with van der Waals surface area (Å²) in [7, 11) is 1.69. The van der Waals surface area contributed by atoms with Crippen LogP contribution in [0.1, 0.15) is 28.1 Å². The van der Waals surface area contributed by atoms with Crippen molar-refractivity contribution in [1.82, 2.24) is 4.90 Å². The zero-order chi connectivity index (χ0) is 20.5. The number of carbonyl (C=O) groups excluding carboxylic acids is 4. The largest absolute Gasteiger partial charge is 0.467 e. The van der Waals surface area contributed by atoms with Crippen molar-refractivity contribution in [3.63, 3.8) is 0 Å². The highest BCUT2D eigenvalue weighted by atomic mass is 16.5. The molecule has 0 N–H and O–H groups in total. The minimum atomic E-state index is -0.600. The first-order valence-electron chi connectivity index (χ1n) is 9.32. The van der Waals surface area contributed by atoms with Crippen LogP contribution in [0.5, 0.6) is 0 Å². The standard InChI is InChI=1S/C21H20N2O6/c1-22-17-5-4-13(7-14(17)8-19(22)25)18(24)12-29-21(27)15-9-20(26)23(10-15)11-16-3-2-6-28-16/h2-7,15H,8-12H2,1H3/t15-/m0/s1. The molecule has 2 amide bonds. The Morgan fingerprint density at radius 1 is 1.21 bits per heavy atom. The maximum atomic E-state index is 12.4. The molecule has 2 aliphatic heterocycles. The van der Waals surface area contributed by atoms with Gasteiger partial charge in [-0.1, -0.05) is 0 Å². The molecule has 0 saturated carbocycles. The van der Waals surface area contributed by atoms with Crippen LogP contribution in [0.3, 0.4) is 0 Å². The van der Waals surface area contributed by atoms with Crippen LogP contribution in [-0.4, -0.2) is 48.7 Å². The number of amides is 2. The van der Waals surface area contributed by atoms with Crippen molar-refractivity contribution in [2.75, 3.05) is 25.1 Å². The first-order chi connectivity index (χ1) is 13.9. The van der Waals surface area contributed by atoms with Gasteiger partial charge in [0.05, 0.1) is 25.1 Å². The Labute approximate surface area is 167 Å². The molecule has 8 heteroatoms. The lowest BCUT2D eigenvalue weighted by molar-refractivity contribution is -0.147. The van der Waals surface area contributed by atoms with E-state index in [1.54, 1.807) is 47.2 Å². The fourth-order valence-corrected chi connectivity index (χ4v) is 3.66. The summed E-state index contributed by atoms with van der Waals surface area (Å²) in [5.74, 6) is -1.05. The fraction of sp³-hybridized carbons (Fsp3) is 0.333. The first kappa shape index (κ1) is 18.9. The molecule has 0 bridgehead atoms. The van der Waals surface area contributed by atoms with Gasteiger partial charge >= 0.3 is 5.97 Å². The van der Waals surface area contributed by atoms with Crippen molar-refractivity contribution in [3.8, 4) is 0 Å². The molecule has 150 valence electrons. The molecule has 1 atom stereocenters. The lowest BCUT2D eigenvalue weighted by atomic mass is 10.1. The molecule has 2 aliphatic rings. The van der Waals surface area contributed by atoms with E-state index in [2.05, 4.69) is 0 Å². The van der Waals surface area contributed by atoms with Crippen LogP contribution in [0.15, 0.2) is 41.0 Å². The second-order valence-electron chi connectivity index (χ2n) is 7.26. The predicted octanol–water partition coefficient (Wildman–Crippen LogP) is 1.57. The van der Waals surface area contributed by atoms with Gasteiger partial charge in [-0.05, 0) is 35.9 Å². The molecule has 1 aromatic carbocycles. The molecule has 4 rings (SSSR count). The van der Waals surface area contributed by atoms with Gasteiger partial charge in [-0.2, -0.15) is 0 Å². The Morgan fingerprint density at radius 2 is 2.03 bits per heavy atom. The van der Waals surface area contributed by atoms with E-state index < -0.39 is 18.5 Å². The molecule has 1 saturated heterocycles. The highest BCUT2D eigenvalue weighted by Gasteiger charge is 2.36. The Balaban J connectivity index is 1.32. The quantitative estimate of drug-likeness (QED) is 0.543. The summed E-state index contributed by atoms with van der Waals surface area (Å²) in [4.78, 5) is 51.7. The van der Waals surface area contributed by atoms with Crippen LogP contribution in [0.4, 0.5) is 5.69 Å². The number of benzene rings is 1. The monoisotopic (exact) mass is 396 g/mol. The average molecular weight is 396 g/mol. The van der Waals surface area contributed by atoms with E-state index in [0.29, 0.717) is 17.9 Å². The molecule has 0 radical (unpaired) electrons. The Hall–Kier alpha value is -3.42. The second-order valence-corrected chi connectivity index (χ2v) is 7.26. The molecule has 0 spiro atoms. The normalized spacial score (nSPS) is 18.3. The van der Waals surface area contributed by atoms with Gasteiger partial charge in [-0.3, -0.25) is 19.2 Å². The van der Waals surface area contributed by atoms with E-state index in [9.17, 15) is 19.2 Å². The summed E-state index contributed by atoms with van der Waals surface area (Å²) in [6.45, 7) is 0.140. The summed E-state index contributed by atoms with van der Waals surface area (Å²) in [5, 5.41) is 0. The number of fused-ring (bicyclic) bond motifs is 1. The van der Waals surface area contributed by atoms with E-state index in [0.717, 1.165) is 11.3 Å². The van der Waals surface area contributed by atoms with Gasteiger partial charge in [-0.25, -0.2) is 0 Å². The predicted molar refractivity (Wildman–Crippen MR) is 101 cm³/mol. The van der Waals surface area contributed by atoms with E-state index in [1.165, 1.54) is 6.26 Å². The van der Waals surface area contributed by atoms with Gasteiger partial charge in [0, 0.05) is 31.3 Å². The number of anilines is 1. The Bertz CT molecular complexity index is 981. The molecule has 0 aliphatic carbocycles. The van der Waals surface area contributed by atoms with Gasteiger partial charge in [0.2, 0.25) is 11.8 Å². The number of ether oxygens (including phenoxy) is 1. The second kappa shape index (κ2) is 7.54. The highest BCUT2D eigenvalue weighted by Crippen LogP contribution is 2.28. The van der Waals surface area contributed by atoms with Crippen molar-refractivity contribution >= 4 is 29.3 Å². The van der Waals surface area contributed by atoms with E-state index >= 15 is 0 Å². The molecular weight excluding hydrogens is 376 g/mol. The summed E-state index contributed by atoms with van der Waals surface area (Å²) in [5.41, 5.74) is 1.95. The van der Waals surface area contributed by atoms with E-state index in [-0.39, 0.29) is 37.0 Å². The Morgan fingerprint density at radius 3 is 2.79 bits per heavy atom. The number of Topliss-reactive ketones (excluding diaryl/α,β-unsaturated/α-hetero) is 1. The molecular formula is C21H20N2O6. The highest BCUT2D eigenvalue weighted by molar-refractivity contribution is 6.04. The molecule has 8 nitrogen and oxygen atoms in total. The van der Waals surface area contributed by atoms with E-state index in [1.807, 2.05) is 0 Å². The van der Waals surface area contributed by atoms with Crippen molar-refractivity contribution in [2.45, 2.75) is 19.4 Å². The summed E-state index contributed by atoms with van der Waals surface area (Å²) in [6.07, 6.45) is 1.84. The molecule has 0 unspecified atom stereocenters. The number of hydrogen-bond acceptors (Lipinski definition) is 6. The Kier molecular flexibility index (Phi) is 4.92. The third-order valence-electron chi connectivity index (χ3n) is 5.30. The number of carbonyl (C=O) groups is 4. The SMILES string of the molecule is CN1C(=O)Cc2cc(C(=O)COC(=O)[C@H]3CC(=O)N(Cc4ccco4)C3)ccc21. The van der Waals surface area contributed by atoms with Gasteiger partial charge in [-0.15, -0.1) is 0 Å². The number of furan rings is 1. The molecule has 1 fully saturated rings. The van der Waals surface area contributed by atoms with Crippen molar-refractivity contribution in [1.29, 1.82) is 0 Å². The average Bonchev–Trinajstić information content (AvgIpc) is 3.41. The number of rotatable bonds is 6. The van der Waals surface area contributed by atoms with Crippen molar-refractivity contribution in [3.05, 3.63) is 53.5 Å². The molecule has 29 heavy (non-hydrogen) atoms. The molecule has 3 heterocycles. The van der Waals surface area contributed by atoms with Crippen LogP contribution >= 0.6 is 0 Å². The molecule has 2 aromatic rings. The minimum Gasteiger partial charge on any atom is -0.467 e. The zero-order valence-electron chi connectivity index (χ0n) is 15.9. The number of ketones is 1. The first-order valence-corrected chi connectivity index (χ1v) is 9.32. The summed E-state index contributed by atoms with van der Waals surface area (Å²) >= 11 is 0. The number of esters is 1. The smallest absolute Gasteiger partial charge is 0.311 e. The van der Waals surface area contributed by atoms with Crippen molar-refractivity contribution in [2.24, 2.45) is 5.92 Å². The number of likely N-dealkylation sites (N-methyl/N-ethyl adjacent to an activating group) is 1. The number of nitrogens with zero attached hydrogens (tertiary/aromatic N) is 2. The number of hydrogen-bond donors (Lipinski definition) is 0. The van der Waals surface area contributed by atoms with Crippen molar-refractivity contribution < 1.29 is 28.3 Å². The van der Waals surface area contributed by atoms with Crippen LogP contribution in [0.25, 0.3) is 0 Å². The maximum absolute atomic E-state index is 12.4. The molecule has 1 aromatic heterocycles. The van der Waals surface area contributed by atoms with Gasteiger partial charge in [0.15, 0.2) is 12.4 Å². The lowest BCUT2D eigenvalue weighted by Crippen LogP contribution is -2.27. The third kappa shape index (κ3) is 3.78. The van der Waals surface area contributed by atoms with Gasteiger partial charge < -0.3 is 19.0 Å². The van der Waals surface area contributed by atoms with E-state index in [4.69, 9.17) is 9.15 Å². The zero-order valence-corrected chi connectivity index (χ0v) is 15.9.